The fourth-order valence-electron chi connectivity index (χ4n) is 1.77. The third kappa shape index (κ3) is 2.22. The molecule has 0 atom stereocenters. The van der Waals surface area contributed by atoms with Crippen molar-refractivity contribution < 1.29 is 17.6 Å². The van der Waals surface area contributed by atoms with Crippen LogP contribution in [0.1, 0.15) is 5.56 Å². The SMILES string of the molecule is FC(F)(F)c1cc(Cl)c2oc(-c3ccncc3)nc2c1. The average molecular weight is 299 g/mol. The molecule has 0 bridgehead atoms. The first kappa shape index (κ1) is 12.9. The molecular weight excluding hydrogens is 293 g/mol. The summed E-state index contributed by atoms with van der Waals surface area (Å²) in [6.45, 7) is 0. The molecule has 20 heavy (non-hydrogen) atoms. The summed E-state index contributed by atoms with van der Waals surface area (Å²) in [6.07, 6.45) is -1.41. The van der Waals surface area contributed by atoms with Crippen molar-refractivity contribution in [3.05, 3.63) is 47.2 Å². The molecule has 102 valence electrons. The molecule has 0 saturated heterocycles. The van der Waals surface area contributed by atoms with Crippen LogP contribution in [0.15, 0.2) is 41.1 Å². The van der Waals surface area contributed by atoms with Crippen LogP contribution < -0.4 is 0 Å². The summed E-state index contributed by atoms with van der Waals surface area (Å²) in [5.74, 6) is 0.198. The van der Waals surface area contributed by atoms with Crippen LogP contribution in [0.4, 0.5) is 13.2 Å². The van der Waals surface area contributed by atoms with Crippen LogP contribution in [0.25, 0.3) is 22.6 Å². The van der Waals surface area contributed by atoms with Crippen LogP contribution in [0.5, 0.6) is 0 Å². The average Bonchev–Trinajstić information content (AvgIpc) is 2.83. The van der Waals surface area contributed by atoms with Gasteiger partial charge in [0.15, 0.2) is 5.58 Å². The van der Waals surface area contributed by atoms with Gasteiger partial charge in [-0.1, -0.05) is 11.6 Å². The van der Waals surface area contributed by atoms with Gasteiger partial charge < -0.3 is 4.42 Å². The zero-order chi connectivity index (χ0) is 14.3. The fraction of sp³-hybridized carbons (Fsp3) is 0.0769. The molecule has 0 N–H and O–H groups in total. The van der Waals surface area contributed by atoms with Gasteiger partial charge in [-0.25, -0.2) is 4.98 Å². The van der Waals surface area contributed by atoms with E-state index in [4.69, 9.17) is 16.0 Å². The third-order valence-electron chi connectivity index (χ3n) is 2.70. The van der Waals surface area contributed by atoms with E-state index in [1.807, 2.05) is 0 Å². The smallest absolute Gasteiger partial charge is 0.416 e. The largest absolute Gasteiger partial charge is 0.435 e. The highest BCUT2D eigenvalue weighted by atomic mass is 35.5. The van der Waals surface area contributed by atoms with Gasteiger partial charge in [0.1, 0.15) is 5.52 Å². The lowest BCUT2D eigenvalue weighted by atomic mass is 10.2. The van der Waals surface area contributed by atoms with E-state index in [0.717, 1.165) is 12.1 Å². The van der Waals surface area contributed by atoms with Crippen LogP contribution in [-0.4, -0.2) is 9.97 Å². The van der Waals surface area contributed by atoms with Crippen molar-refractivity contribution in [3.63, 3.8) is 0 Å². The number of aromatic nitrogens is 2. The number of rotatable bonds is 1. The van der Waals surface area contributed by atoms with Crippen molar-refractivity contribution in [2.24, 2.45) is 0 Å². The summed E-state index contributed by atoms with van der Waals surface area (Å²) in [7, 11) is 0. The van der Waals surface area contributed by atoms with Gasteiger partial charge in [-0.3, -0.25) is 4.98 Å². The monoisotopic (exact) mass is 298 g/mol. The van der Waals surface area contributed by atoms with E-state index in [1.54, 1.807) is 12.1 Å². The van der Waals surface area contributed by atoms with E-state index in [-0.39, 0.29) is 22.0 Å². The zero-order valence-electron chi connectivity index (χ0n) is 9.78. The first-order chi connectivity index (χ1) is 9.45. The summed E-state index contributed by atoms with van der Waals surface area (Å²) >= 11 is 5.82. The van der Waals surface area contributed by atoms with E-state index in [2.05, 4.69) is 9.97 Å². The Morgan fingerprint density at radius 2 is 1.80 bits per heavy atom. The highest BCUT2D eigenvalue weighted by Crippen LogP contribution is 2.36. The second-order valence-corrected chi connectivity index (χ2v) is 4.47. The van der Waals surface area contributed by atoms with Gasteiger partial charge in [-0.05, 0) is 24.3 Å². The quantitative estimate of drug-likeness (QED) is 0.661. The zero-order valence-corrected chi connectivity index (χ0v) is 10.5. The number of benzene rings is 1. The number of pyridine rings is 1. The molecule has 0 amide bonds. The summed E-state index contributed by atoms with van der Waals surface area (Å²) in [6, 6.07) is 5.02. The van der Waals surface area contributed by atoms with Crippen molar-refractivity contribution in [3.8, 4) is 11.5 Å². The molecule has 2 heterocycles. The highest BCUT2D eigenvalue weighted by molar-refractivity contribution is 6.34. The van der Waals surface area contributed by atoms with Crippen molar-refractivity contribution in [2.75, 3.05) is 0 Å². The molecule has 3 rings (SSSR count). The second kappa shape index (κ2) is 4.49. The highest BCUT2D eigenvalue weighted by Gasteiger charge is 2.32. The Bertz CT molecular complexity index is 768. The van der Waals surface area contributed by atoms with E-state index in [0.29, 0.717) is 5.56 Å². The minimum atomic E-state index is -4.48. The summed E-state index contributed by atoms with van der Waals surface area (Å²) in [5, 5.41) is -0.123. The maximum atomic E-state index is 12.7. The molecule has 0 unspecified atom stereocenters. The molecule has 0 radical (unpaired) electrons. The summed E-state index contributed by atoms with van der Waals surface area (Å²) in [5.41, 5.74) is -0.0477. The Hall–Kier alpha value is -2.08. The number of oxazole rings is 1. The lowest BCUT2D eigenvalue weighted by Crippen LogP contribution is -2.04. The van der Waals surface area contributed by atoms with Crippen molar-refractivity contribution in [2.45, 2.75) is 6.18 Å². The van der Waals surface area contributed by atoms with Gasteiger partial charge in [-0.2, -0.15) is 13.2 Å². The van der Waals surface area contributed by atoms with Gasteiger partial charge in [0.2, 0.25) is 5.89 Å². The van der Waals surface area contributed by atoms with Gasteiger partial charge in [0.05, 0.1) is 10.6 Å². The maximum absolute atomic E-state index is 12.7. The Kier molecular flexibility index (Phi) is 2.90. The van der Waals surface area contributed by atoms with Gasteiger partial charge in [-0.15, -0.1) is 0 Å². The van der Waals surface area contributed by atoms with E-state index in [9.17, 15) is 13.2 Å². The normalized spacial score (nSPS) is 12.0. The van der Waals surface area contributed by atoms with Crippen molar-refractivity contribution in [1.29, 1.82) is 0 Å². The standard InChI is InChI=1S/C13H6ClF3N2O/c14-9-5-8(13(15,16)17)6-10-11(9)20-12(19-10)7-1-3-18-4-2-7/h1-6H. The predicted molar refractivity (Wildman–Crippen MR) is 67.3 cm³/mol. The molecule has 0 aliphatic carbocycles. The van der Waals surface area contributed by atoms with Gasteiger partial charge >= 0.3 is 6.18 Å². The molecular formula is C13H6ClF3N2O. The van der Waals surface area contributed by atoms with Crippen LogP contribution >= 0.6 is 11.6 Å². The number of nitrogens with zero attached hydrogens (tertiary/aromatic N) is 2. The lowest BCUT2D eigenvalue weighted by Gasteiger charge is -2.05. The fourth-order valence-corrected chi connectivity index (χ4v) is 2.03. The maximum Gasteiger partial charge on any atom is 0.416 e. The molecule has 0 aliphatic rings. The molecule has 3 aromatic rings. The first-order valence-electron chi connectivity index (χ1n) is 5.53. The van der Waals surface area contributed by atoms with Gasteiger partial charge in [0, 0.05) is 18.0 Å². The number of halogens is 4. The Morgan fingerprint density at radius 1 is 1.10 bits per heavy atom. The topological polar surface area (TPSA) is 38.9 Å². The molecule has 1 aromatic carbocycles. The number of fused-ring (bicyclic) bond motifs is 1. The van der Waals surface area contributed by atoms with Gasteiger partial charge in [0.25, 0.3) is 0 Å². The van der Waals surface area contributed by atoms with Crippen molar-refractivity contribution in [1.82, 2.24) is 9.97 Å². The first-order valence-corrected chi connectivity index (χ1v) is 5.90. The van der Waals surface area contributed by atoms with Crippen LogP contribution in [0.3, 0.4) is 0 Å². The predicted octanol–water partition coefficient (Wildman–Crippen LogP) is 4.56. The van der Waals surface area contributed by atoms with Crippen LogP contribution in [0.2, 0.25) is 5.02 Å². The third-order valence-corrected chi connectivity index (χ3v) is 2.98. The summed E-state index contributed by atoms with van der Waals surface area (Å²) < 4.78 is 43.5. The second-order valence-electron chi connectivity index (χ2n) is 4.06. The van der Waals surface area contributed by atoms with E-state index < -0.39 is 11.7 Å². The molecule has 0 saturated carbocycles. The molecule has 0 aliphatic heterocycles. The minimum absolute atomic E-state index is 0.0663. The molecule has 3 nitrogen and oxygen atoms in total. The van der Waals surface area contributed by atoms with Crippen LogP contribution in [0, 0.1) is 0 Å². The van der Waals surface area contributed by atoms with Crippen LogP contribution in [-0.2, 0) is 6.18 Å². The minimum Gasteiger partial charge on any atom is -0.435 e. The Balaban J connectivity index is 2.19. The summed E-state index contributed by atoms with van der Waals surface area (Å²) in [4.78, 5) is 7.88. The lowest BCUT2D eigenvalue weighted by molar-refractivity contribution is -0.137. The number of hydrogen-bond acceptors (Lipinski definition) is 3. The number of hydrogen-bond donors (Lipinski definition) is 0. The molecule has 0 spiro atoms. The molecule has 7 heteroatoms. The molecule has 0 fully saturated rings. The Morgan fingerprint density at radius 3 is 2.45 bits per heavy atom. The van der Waals surface area contributed by atoms with Crippen molar-refractivity contribution >= 4 is 22.7 Å². The molecule has 2 aromatic heterocycles. The Labute approximate surface area is 116 Å². The van der Waals surface area contributed by atoms with E-state index >= 15 is 0 Å². The van der Waals surface area contributed by atoms with E-state index in [1.165, 1.54) is 12.4 Å². The number of alkyl halides is 3.